The second kappa shape index (κ2) is 47.5. The third-order valence-electron chi connectivity index (χ3n) is 23.0. The average Bonchev–Trinajstić information content (AvgIpc) is 1.63. The molecule has 4 aliphatic rings. The predicted molar refractivity (Wildman–Crippen MR) is 579 cm³/mol. The first-order valence-electron chi connectivity index (χ1n) is 46.8. The van der Waals surface area contributed by atoms with E-state index < -0.39 is 43.5 Å². The van der Waals surface area contributed by atoms with Gasteiger partial charge in [-0.1, -0.05) is 128 Å². The minimum Gasteiger partial charge on any atom is -0.444 e. The third kappa shape index (κ3) is 30.3. The maximum atomic E-state index is 13.9. The smallest absolute Gasteiger partial charge is 0.410 e. The molecule has 752 valence electrons. The molecule has 6 aromatic carbocycles. The Balaban J connectivity index is 0.000000177. The minimum absolute atomic E-state index is 0. The number of aliphatic imine (C=N–C) groups is 1. The summed E-state index contributed by atoms with van der Waals surface area (Å²) in [6.07, 6.45) is 18.2. The van der Waals surface area contributed by atoms with Crippen LogP contribution in [0.5, 0.6) is 0 Å². The van der Waals surface area contributed by atoms with Gasteiger partial charge in [0, 0.05) is 194 Å². The van der Waals surface area contributed by atoms with Gasteiger partial charge in [0.2, 0.25) is 0 Å². The Morgan fingerprint density at radius 3 is 1.41 bits per heavy atom. The number of aromatic amines is 1. The zero-order valence-corrected chi connectivity index (χ0v) is 90.7. The largest absolute Gasteiger partial charge is 0.444 e. The van der Waals surface area contributed by atoms with Crippen LogP contribution in [0, 0.1) is 0 Å². The van der Waals surface area contributed by atoms with Crippen molar-refractivity contribution in [2.24, 2.45) is 4.99 Å². The van der Waals surface area contributed by atoms with E-state index in [1.54, 1.807) is 55.2 Å². The Morgan fingerprint density at radius 1 is 0.486 bits per heavy atom. The van der Waals surface area contributed by atoms with E-state index in [0.717, 1.165) is 165 Å². The van der Waals surface area contributed by atoms with Crippen LogP contribution in [0.25, 0.3) is 92.8 Å². The molecule has 14 aromatic rings. The molecule has 142 heavy (non-hydrogen) atoms. The van der Waals surface area contributed by atoms with Crippen LogP contribution in [0.3, 0.4) is 0 Å². The monoisotopic (exact) mass is 2070 g/mol. The second-order valence-electron chi connectivity index (χ2n) is 41.8. The summed E-state index contributed by atoms with van der Waals surface area (Å²) < 4.78 is 41.9. The SMILES string of the molecule is C.CC(C)(C)OC(=O)N1Cc2ccc(-c3cc4cnn(COCC[Si](C)(C)C)c4cc3N)cc2C1.CC(C)(C)OC(=O)N1Cc2ccc(-c3cc4cnn(COCC[Si](C)(C)C)c4cc3NC(=O)c3csc(-c4cnn(COCC[Si](C)(C)C)c4)n3)cc2C1.C[Si](C)(C)CCOCn1cc(-c2nccs2)cn1.Cl.O=C(Nc1cc2[nH]ncc2cc1-c1ccc2c(c1)CNC2)c1csc(C2=CCN=C2)n1.O=C=O. The molecule has 40 heteroatoms. The summed E-state index contributed by atoms with van der Waals surface area (Å²) in [5, 5.41) is 45.6. The number of amides is 4. The molecule has 6 N–H and O–H groups in total. The van der Waals surface area contributed by atoms with Crippen LogP contribution in [0.15, 0.2) is 168 Å². The van der Waals surface area contributed by atoms with Crippen LogP contribution in [-0.4, -0.2) is 187 Å². The number of hydrogen-bond donors (Lipinski definition) is 5. The molecule has 0 aliphatic carbocycles. The van der Waals surface area contributed by atoms with Crippen molar-refractivity contribution in [2.45, 2.75) is 229 Å². The van der Waals surface area contributed by atoms with Crippen LogP contribution in [0.2, 0.25) is 103 Å². The van der Waals surface area contributed by atoms with Gasteiger partial charge >= 0.3 is 18.3 Å². The van der Waals surface area contributed by atoms with Crippen molar-refractivity contribution in [3.8, 4) is 54.5 Å². The number of nitrogen functional groups attached to an aromatic ring is 1. The van der Waals surface area contributed by atoms with Crippen LogP contribution in [-0.2, 0) is 104 Å². The lowest BCUT2D eigenvalue weighted by atomic mass is 9.98. The minimum atomic E-state index is -1.24. The van der Waals surface area contributed by atoms with E-state index in [4.69, 9.17) is 48.7 Å². The van der Waals surface area contributed by atoms with Gasteiger partial charge in [-0.05, 0) is 170 Å². The number of nitrogens with two attached hydrogens (primary N) is 1. The van der Waals surface area contributed by atoms with Gasteiger partial charge in [-0.15, -0.1) is 46.4 Å². The van der Waals surface area contributed by atoms with Crippen molar-refractivity contribution in [1.82, 2.24) is 79.4 Å². The highest BCUT2D eigenvalue weighted by Crippen LogP contribution is 2.41. The molecule has 0 saturated heterocycles. The van der Waals surface area contributed by atoms with Gasteiger partial charge in [0.15, 0.2) is 0 Å². The van der Waals surface area contributed by atoms with E-state index in [0.29, 0.717) is 101 Å². The standard InChI is InChI=1S/C39H53N7O5SSi2.C26H36N4O3Si.C23H18N6OS.C12H19N3OSSi.CO2.CH4.ClH/c1-39(2,3)51-38(48)44-21-28-11-10-27(16-30(28)22-44)32-17-29-19-41-46(26-50-13-15-54(7,8)9)35(29)18-33(32)42-36(47)34-24-52-37(43-34)31-20-40-45(23-31)25-49-12-14-53(4,5)6;1-26(2,3)33-25(31)29-15-19-8-7-18(11-21(19)16-29)22-12-20-14-28-30(24(20)13-23(22)27)17-32-9-10-34(4,5)6;30-22(21-12-31-23(28-21)15-3-4-24-9-15)27-20-7-19-17(11-26-29-19)6-18(20)13-1-2-14-8-25-10-16(14)5-13;1-18(2,3)7-5-16-10-15-9-11(8-14-15)12-13-4-6-17-12;2-1-3;;/h10-11,16-20,23-24H,12-15,21-22,25-26H2,1-9H3,(H,42,47);7-8,11-14H,9-10,15-17,27H2,1-6H3;1-3,5-7,9,11-12,25H,4,8,10H2,(H,26,29)(H,27,30);4,6,8-9H,5,7,10H2,1-3H3;;1H4;1H. The van der Waals surface area contributed by atoms with Crippen LogP contribution >= 0.6 is 46.4 Å². The Hall–Kier alpha value is -11.9. The summed E-state index contributed by atoms with van der Waals surface area (Å²) >= 11 is 4.47. The molecule has 0 unspecified atom stereocenters. The third-order valence-corrected chi connectivity index (χ3v) is 32.4. The highest BCUT2D eigenvalue weighted by Gasteiger charge is 2.32. The van der Waals surface area contributed by atoms with Crippen LogP contribution in [0.1, 0.15) is 108 Å². The van der Waals surface area contributed by atoms with Crippen LogP contribution in [0.4, 0.5) is 26.7 Å². The number of halogens is 1. The van der Waals surface area contributed by atoms with Gasteiger partial charge in [-0.2, -0.15) is 35.1 Å². The fourth-order valence-electron chi connectivity index (χ4n) is 15.4. The Labute approximate surface area is 851 Å². The summed E-state index contributed by atoms with van der Waals surface area (Å²) in [5.41, 5.74) is 26.4. The van der Waals surface area contributed by atoms with Gasteiger partial charge in [0.1, 0.15) is 64.5 Å². The van der Waals surface area contributed by atoms with Crippen molar-refractivity contribution >= 4 is 170 Å². The van der Waals surface area contributed by atoms with Gasteiger partial charge in [0.25, 0.3) is 11.8 Å². The van der Waals surface area contributed by atoms with Crippen molar-refractivity contribution < 1.29 is 57.2 Å². The molecule has 0 bridgehead atoms. The lowest BCUT2D eigenvalue weighted by Gasteiger charge is -2.24. The summed E-state index contributed by atoms with van der Waals surface area (Å²) in [6.45, 7) is 48.3. The van der Waals surface area contributed by atoms with E-state index in [2.05, 4.69) is 195 Å². The zero-order chi connectivity index (χ0) is 100. The number of aromatic nitrogens is 13. The number of allylic oxidation sites excluding steroid dienone is 1. The molecular weight excluding hydrogens is 1940 g/mol. The first-order chi connectivity index (χ1) is 66.5. The van der Waals surface area contributed by atoms with Gasteiger partial charge < -0.3 is 50.1 Å². The van der Waals surface area contributed by atoms with Crippen molar-refractivity contribution in [3.63, 3.8) is 0 Å². The number of anilines is 3. The fraction of sp³-hybridized carbons (Fsp3) is 0.392. The quantitative estimate of drug-likeness (QED) is 0.0159. The lowest BCUT2D eigenvalue weighted by molar-refractivity contribution is -0.191. The molecule has 32 nitrogen and oxygen atoms in total. The maximum Gasteiger partial charge on any atom is 0.410 e. The number of nitrogens with zero attached hydrogens (tertiary/aromatic N) is 15. The summed E-state index contributed by atoms with van der Waals surface area (Å²) in [6, 6.07) is 35.4. The number of ether oxygens (including phenoxy) is 6. The van der Waals surface area contributed by atoms with Gasteiger partial charge in [0.05, 0.1) is 65.5 Å². The Kier molecular flexibility index (Phi) is 36.4. The first-order valence-corrected chi connectivity index (χ1v) is 64.2. The lowest BCUT2D eigenvalue weighted by Crippen LogP contribution is -2.33. The first kappa shape index (κ1) is 109. The number of hydrogen-bond acceptors (Lipinski definition) is 26. The molecule has 12 heterocycles. The van der Waals surface area contributed by atoms with Crippen molar-refractivity contribution in [2.75, 3.05) is 49.3 Å². The number of carbonyl (C=O) groups is 4. The second-order valence-corrected chi connectivity index (χ2v) is 66.9. The molecule has 0 fully saturated rings. The van der Waals surface area contributed by atoms with E-state index in [9.17, 15) is 19.2 Å². The van der Waals surface area contributed by atoms with Crippen molar-refractivity contribution in [1.29, 1.82) is 0 Å². The highest BCUT2D eigenvalue weighted by atomic mass is 35.5. The molecule has 0 atom stereocenters. The number of H-pyrrole nitrogens is 1. The van der Waals surface area contributed by atoms with Gasteiger partial charge in [-0.25, -0.2) is 43.3 Å². The summed E-state index contributed by atoms with van der Waals surface area (Å²) in [7, 11) is -4.53. The highest BCUT2D eigenvalue weighted by molar-refractivity contribution is 7.13. The number of benzene rings is 6. The molecule has 4 aliphatic heterocycles. The van der Waals surface area contributed by atoms with Gasteiger partial charge in [-0.3, -0.25) is 29.5 Å². The van der Waals surface area contributed by atoms with E-state index in [-0.39, 0.29) is 50.0 Å². The number of fused-ring (bicyclic) bond motifs is 6. The Morgan fingerprint density at radius 2 is 0.923 bits per heavy atom. The zero-order valence-electron chi connectivity index (χ0n) is 83.4. The topological polar surface area (TPSA) is 377 Å². The predicted octanol–water partition coefficient (Wildman–Crippen LogP) is 22.8. The molecule has 0 saturated carbocycles. The molecule has 4 amide bonds. The fourth-order valence-corrected chi connectivity index (χ4v) is 20.6. The summed E-state index contributed by atoms with van der Waals surface area (Å²) in [4.78, 5) is 89.6. The average molecular weight is 2070 g/mol. The van der Waals surface area contributed by atoms with E-state index >= 15 is 0 Å². The number of rotatable bonds is 30. The van der Waals surface area contributed by atoms with E-state index in [1.807, 2.05) is 141 Å². The molecule has 18 rings (SSSR count). The van der Waals surface area contributed by atoms with E-state index in [1.165, 1.54) is 39.8 Å². The molecule has 0 radical (unpaired) electrons. The maximum absolute atomic E-state index is 13.9. The van der Waals surface area contributed by atoms with Crippen molar-refractivity contribution in [3.05, 3.63) is 213 Å². The molecule has 0 spiro atoms. The summed E-state index contributed by atoms with van der Waals surface area (Å²) in [5.74, 6) is -0.559. The number of carbonyl (C=O) groups excluding carboxylic acids is 6. The molecule has 8 aromatic heterocycles. The molecular formula is C102H131ClN20O12S3Si4. The number of nitrogens with one attached hydrogen (secondary N) is 4. The Bertz CT molecular complexity index is 6840. The van der Waals surface area contributed by atoms with Crippen LogP contribution < -0.4 is 21.7 Å². The number of thiazole rings is 3. The normalized spacial score (nSPS) is 13.3.